The van der Waals surface area contributed by atoms with E-state index in [1.165, 1.54) is 17.0 Å². The zero-order chi connectivity index (χ0) is 31.8. The maximum Gasteiger partial charge on any atom is 0.471 e. The van der Waals surface area contributed by atoms with Crippen molar-refractivity contribution in [3.05, 3.63) is 35.8 Å². The molecular weight excluding hydrogens is 558 g/mol. The number of carbonyl (C=O) groups is 3. The first-order chi connectivity index (χ1) is 18.8. The Morgan fingerprint density at radius 3 is 2.22 bits per heavy atom. The average Bonchev–Trinajstić information content (AvgIpc) is 3.39. The Morgan fingerprint density at radius 2 is 1.78 bits per heavy atom. The molecule has 1 fully saturated rings. The maximum absolute atomic E-state index is 12.9. The smallest absolute Gasteiger partial charge is 0.340 e. The van der Waals surface area contributed by atoms with Gasteiger partial charge >= 0.3 is 18.3 Å². The van der Waals surface area contributed by atoms with Gasteiger partial charge in [0.25, 0.3) is 0 Å². The molecule has 0 spiro atoms. The lowest BCUT2D eigenvalue weighted by molar-refractivity contribution is -0.174. The Morgan fingerprint density at radius 1 is 1.20 bits per heavy atom. The highest BCUT2D eigenvalue weighted by molar-refractivity contribution is 5.87. The molecule has 0 radical (unpaired) electrons. The first-order valence-electron chi connectivity index (χ1n) is 12.5. The highest BCUT2D eigenvalue weighted by atomic mass is 19.4. The van der Waals surface area contributed by atoms with Crippen molar-refractivity contribution >= 4 is 23.9 Å². The fraction of sp³-hybridized carbons (Fsp3) is 0.577. The maximum atomic E-state index is 12.9. The van der Waals surface area contributed by atoms with Gasteiger partial charge in [-0.25, -0.2) is 4.98 Å². The van der Waals surface area contributed by atoms with E-state index in [4.69, 9.17) is 5.26 Å². The number of pyridine rings is 1. The third kappa shape index (κ3) is 10.3. The van der Waals surface area contributed by atoms with Crippen molar-refractivity contribution in [3.8, 4) is 6.07 Å². The van der Waals surface area contributed by atoms with Gasteiger partial charge in [-0.1, -0.05) is 47.6 Å². The summed E-state index contributed by atoms with van der Waals surface area (Å²) in [6, 6.07) is 4.00. The molecule has 2 aromatic heterocycles. The molecule has 15 heteroatoms. The second-order valence-electron chi connectivity index (χ2n) is 10.7. The van der Waals surface area contributed by atoms with Crippen LogP contribution in [0, 0.1) is 28.6 Å². The van der Waals surface area contributed by atoms with Crippen LogP contribution in [0.3, 0.4) is 0 Å². The van der Waals surface area contributed by atoms with Crippen LogP contribution in [0.15, 0.2) is 24.4 Å². The minimum atomic E-state index is -4.95. The molecule has 0 aliphatic carbocycles. The second kappa shape index (κ2) is 14.2. The van der Waals surface area contributed by atoms with E-state index >= 15 is 0 Å². The van der Waals surface area contributed by atoms with Crippen LogP contribution < -0.4 is 10.6 Å². The summed E-state index contributed by atoms with van der Waals surface area (Å²) in [4.78, 5) is 37.9. The molecule has 1 unspecified atom stereocenters. The van der Waals surface area contributed by atoms with Crippen molar-refractivity contribution in [1.29, 1.82) is 5.26 Å². The highest BCUT2D eigenvalue weighted by Gasteiger charge is 2.41. The quantitative estimate of drug-likeness (QED) is 0.392. The van der Waals surface area contributed by atoms with Crippen LogP contribution >= 0.6 is 0 Å². The molecule has 41 heavy (non-hydrogen) atoms. The monoisotopic (exact) mass is 592 g/mol. The van der Waals surface area contributed by atoms with Crippen molar-refractivity contribution in [3.63, 3.8) is 0 Å². The molecule has 228 valence electrons. The Hall–Kier alpha value is -3.83. The SMILES string of the molecule is CC(C)C.C[C@H]1CN(C(=O)CNC(=O)C(F)(F)F)CC1(C)C.N#CC(NC=O)c1cnc2cccc(C(F)(F)F)n12. The lowest BCUT2D eigenvalue weighted by Gasteiger charge is -2.22. The number of nitrogens with zero attached hydrogens (tertiary/aromatic N) is 4. The number of amides is 3. The summed E-state index contributed by atoms with van der Waals surface area (Å²) in [5.74, 6) is -1.45. The van der Waals surface area contributed by atoms with Gasteiger partial charge in [-0.3, -0.25) is 18.8 Å². The standard InChI is InChI=1S/C11H7F3N4O.C11H17F3N2O2.C4H10/c12-11(13,14)9-2-1-3-10-16-5-8(18(9)10)7(4-15)17-6-19;1-7-5-16(6-10(7,2)3)8(17)4-15-9(18)11(12,13)14;1-4(2)3/h1-3,5-7H,(H,17,19);7H,4-6H2,1-3H3,(H,15,18);4H,1-3H3/t;7-;/m.0./s1. The van der Waals surface area contributed by atoms with E-state index in [0.29, 0.717) is 13.1 Å². The van der Waals surface area contributed by atoms with E-state index in [9.17, 15) is 40.7 Å². The van der Waals surface area contributed by atoms with Gasteiger partial charge in [0.15, 0.2) is 6.04 Å². The van der Waals surface area contributed by atoms with Gasteiger partial charge < -0.3 is 15.5 Å². The summed E-state index contributed by atoms with van der Waals surface area (Å²) >= 11 is 0. The minimum Gasteiger partial charge on any atom is -0.340 e. The van der Waals surface area contributed by atoms with E-state index in [0.717, 1.165) is 22.6 Å². The molecule has 0 bridgehead atoms. The molecule has 3 rings (SSSR count). The molecular formula is C26H34F6N6O3. The number of nitrogens with one attached hydrogen (secondary N) is 2. The van der Waals surface area contributed by atoms with Gasteiger partial charge in [0.1, 0.15) is 11.3 Å². The van der Waals surface area contributed by atoms with Gasteiger partial charge in [-0.2, -0.15) is 31.6 Å². The number of carbonyl (C=O) groups excluding carboxylic acids is 3. The fourth-order valence-electron chi connectivity index (χ4n) is 3.59. The van der Waals surface area contributed by atoms with E-state index in [1.807, 2.05) is 20.8 Å². The fourth-order valence-corrected chi connectivity index (χ4v) is 3.59. The number of nitriles is 1. The molecule has 2 N–H and O–H groups in total. The van der Waals surface area contributed by atoms with Gasteiger partial charge in [0, 0.05) is 13.1 Å². The molecule has 1 aliphatic rings. The number of hydrogen-bond donors (Lipinski definition) is 2. The Labute approximate surface area is 233 Å². The largest absolute Gasteiger partial charge is 0.471 e. The number of rotatable bonds is 5. The summed E-state index contributed by atoms with van der Waals surface area (Å²) in [6.45, 7) is 12.9. The number of imidazole rings is 1. The van der Waals surface area contributed by atoms with Crippen LogP contribution in [-0.4, -0.2) is 58.3 Å². The number of likely N-dealkylation sites (tertiary alicyclic amines) is 1. The summed E-state index contributed by atoms with van der Waals surface area (Å²) < 4.78 is 75.3. The zero-order valence-corrected chi connectivity index (χ0v) is 23.5. The Kier molecular flexibility index (Phi) is 12.2. The molecule has 3 amide bonds. The lowest BCUT2D eigenvalue weighted by atomic mass is 9.84. The summed E-state index contributed by atoms with van der Waals surface area (Å²) in [6.07, 6.45) is -8.15. The summed E-state index contributed by atoms with van der Waals surface area (Å²) in [5, 5.41) is 12.6. The van der Waals surface area contributed by atoms with Crippen LogP contribution in [-0.2, 0) is 20.6 Å². The molecule has 9 nitrogen and oxygen atoms in total. The van der Waals surface area contributed by atoms with Gasteiger partial charge in [-0.05, 0) is 29.4 Å². The molecule has 0 aromatic carbocycles. The molecule has 0 saturated carbocycles. The molecule has 1 saturated heterocycles. The third-order valence-corrected chi connectivity index (χ3v) is 5.94. The van der Waals surface area contributed by atoms with Crippen molar-refractivity contribution in [2.24, 2.45) is 17.3 Å². The van der Waals surface area contributed by atoms with E-state index in [-0.39, 0.29) is 29.1 Å². The third-order valence-electron chi connectivity index (χ3n) is 5.94. The van der Waals surface area contributed by atoms with Crippen LogP contribution in [0.1, 0.15) is 59.0 Å². The zero-order valence-electron chi connectivity index (χ0n) is 23.5. The molecule has 2 aromatic rings. The van der Waals surface area contributed by atoms with Crippen molar-refractivity contribution < 1.29 is 40.7 Å². The lowest BCUT2D eigenvalue weighted by Crippen LogP contribution is -2.44. The van der Waals surface area contributed by atoms with E-state index in [2.05, 4.69) is 31.1 Å². The van der Waals surface area contributed by atoms with E-state index in [1.54, 1.807) is 11.4 Å². The Balaban J connectivity index is 0.000000363. The van der Waals surface area contributed by atoms with Crippen LogP contribution in [0.4, 0.5) is 26.3 Å². The number of alkyl halides is 6. The minimum absolute atomic E-state index is 0.0440. The summed E-state index contributed by atoms with van der Waals surface area (Å²) in [5.41, 5.74) is -0.996. The van der Waals surface area contributed by atoms with Crippen LogP contribution in [0.5, 0.6) is 0 Å². The molecule has 1 aliphatic heterocycles. The normalized spacial score (nSPS) is 17.0. The predicted molar refractivity (Wildman–Crippen MR) is 137 cm³/mol. The first kappa shape index (κ1) is 35.2. The van der Waals surface area contributed by atoms with Crippen molar-refractivity contribution in [1.82, 2.24) is 24.9 Å². The molecule has 2 atom stereocenters. The second-order valence-corrected chi connectivity index (χ2v) is 10.7. The number of hydrogen-bond acceptors (Lipinski definition) is 5. The predicted octanol–water partition coefficient (Wildman–Crippen LogP) is 4.50. The Bertz CT molecular complexity index is 1230. The van der Waals surface area contributed by atoms with Crippen molar-refractivity contribution in [2.75, 3.05) is 19.6 Å². The van der Waals surface area contributed by atoms with Gasteiger partial charge in [0.05, 0.1) is 24.5 Å². The first-order valence-corrected chi connectivity index (χ1v) is 12.5. The topological polar surface area (TPSA) is 120 Å². The van der Waals surface area contributed by atoms with Gasteiger partial charge in [0.2, 0.25) is 12.3 Å². The summed E-state index contributed by atoms with van der Waals surface area (Å²) in [7, 11) is 0. The van der Waals surface area contributed by atoms with E-state index < -0.39 is 42.4 Å². The average molecular weight is 593 g/mol. The van der Waals surface area contributed by atoms with Crippen LogP contribution in [0.2, 0.25) is 0 Å². The number of halogens is 6. The highest BCUT2D eigenvalue weighted by Crippen LogP contribution is 2.34. The van der Waals surface area contributed by atoms with Gasteiger partial charge in [-0.15, -0.1) is 0 Å². The number of aromatic nitrogens is 2. The van der Waals surface area contributed by atoms with Crippen LogP contribution in [0.25, 0.3) is 5.65 Å². The molecule has 3 heterocycles. The van der Waals surface area contributed by atoms with Crippen molar-refractivity contribution in [2.45, 2.75) is 59.9 Å². The number of fused-ring (bicyclic) bond motifs is 1.